The number of sulfonamides is 1. The minimum absolute atomic E-state index is 0.0507. The van der Waals surface area contributed by atoms with E-state index in [4.69, 9.17) is 4.42 Å². The highest BCUT2D eigenvalue weighted by Gasteiger charge is 2.26. The average molecular weight is 659 g/mol. The summed E-state index contributed by atoms with van der Waals surface area (Å²) in [4.78, 5) is 3.84. The van der Waals surface area contributed by atoms with E-state index in [9.17, 15) is 8.42 Å². The Morgan fingerprint density at radius 2 is 1.38 bits per heavy atom. The first-order valence-electron chi connectivity index (χ1n) is 16.4. The summed E-state index contributed by atoms with van der Waals surface area (Å²) < 4.78 is 36.3. The molecule has 48 heavy (non-hydrogen) atoms. The molecule has 1 aliphatic heterocycles. The van der Waals surface area contributed by atoms with Crippen molar-refractivity contribution in [3.8, 4) is 22.5 Å². The maximum Gasteiger partial charge on any atom is 0.241 e. The highest BCUT2D eigenvalue weighted by atomic mass is 32.2. The van der Waals surface area contributed by atoms with Crippen molar-refractivity contribution < 1.29 is 17.8 Å². The van der Waals surface area contributed by atoms with E-state index in [0.717, 1.165) is 38.9 Å². The summed E-state index contributed by atoms with van der Waals surface area (Å²) in [5.74, 6) is 0.638. The van der Waals surface area contributed by atoms with Gasteiger partial charge >= 0.3 is 0 Å². The molecule has 0 bridgehead atoms. The minimum Gasteiger partial charge on any atom is -0.456 e. The van der Waals surface area contributed by atoms with Gasteiger partial charge in [-0.3, -0.25) is 0 Å². The standard InChI is InChI=1S/C41H43N3O3S/c1-8-42-48(45,46)38-20-14-9-15-31(38)39-29-23-21-27(43-34-18-12-10-16-32(34)40(2,3)4)25-36(29)47-37-26-28(22-24-30(37)39)44-35-19-13-11-17-33(35)41(5,6)7/h9-26,42-43H,8H2,1-7H3/p+1. The molecule has 0 fully saturated rings. The molecular formula is C41H44N3O3S+. The summed E-state index contributed by atoms with van der Waals surface area (Å²) in [6.07, 6.45) is 0. The van der Waals surface area contributed by atoms with Crippen molar-refractivity contribution >= 4 is 38.1 Å². The van der Waals surface area contributed by atoms with E-state index in [-0.39, 0.29) is 15.7 Å². The molecule has 3 N–H and O–H groups in total. The van der Waals surface area contributed by atoms with Crippen molar-refractivity contribution in [2.75, 3.05) is 11.9 Å². The molecular weight excluding hydrogens is 615 g/mol. The maximum absolute atomic E-state index is 13.5. The highest BCUT2D eigenvalue weighted by Crippen LogP contribution is 2.43. The summed E-state index contributed by atoms with van der Waals surface area (Å²) in [5, 5.41) is 5.30. The van der Waals surface area contributed by atoms with E-state index in [1.165, 1.54) is 11.1 Å². The van der Waals surface area contributed by atoms with Gasteiger partial charge < -0.3 is 9.73 Å². The molecule has 0 saturated carbocycles. The van der Waals surface area contributed by atoms with Gasteiger partial charge in [0.05, 0.1) is 11.0 Å². The first-order chi connectivity index (χ1) is 22.8. The molecule has 0 saturated heterocycles. The Bertz CT molecular complexity index is 2270. The molecule has 246 valence electrons. The predicted molar refractivity (Wildman–Crippen MR) is 196 cm³/mol. The zero-order chi connectivity index (χ0) is 34.3. The predicted octanol–water partition coefficient (Wildman–Crippen LogP) is 8.15. The summed E-state index contributed by atoms with van der Waals surface area (Å²) >= 11 is 0. The lowest BCUT2D eigenvalue weighted by molar-refractivity contribution is -0.403. The van der Waals surface area contributed by atoms with Crippen LogP contribution in [0.1, 0.15) is 59.6 Å². The van der Waals surface area contributed by atoms with Crippen molar-refractivity contribution in [2.45, 2.75) is 64.2 Å². The number of anilines is 2. The zero-order valence-corrected chi connectivity index (χ0v) is 29.5. The number of fused-ring (bicyclic) bond motifs is 2. The molecule has 2 aliphatic rings. The van der Waals surface area contributed by atoms with Crippen molar-refractivity contribution in [3.63, 3.8) is 0 Å². The Hall–Kier alpha value is -4.72. The molecule has 6 nitrogen and oxygen atoms in total. The Balaban J connectivity index is 1.61. The van der Waals surface area contributed by atoms with E-state index in [1.54, 1.807) is 19.1 Å². The second kappa shape index (κ2) is 12.7. The fraction of sp³-hybridized carbons (Fsp3) is 0.244. The summed E-state index contributed by atoms with van der Waals surface area (Å²) in [6, 6.07) is 35.9. The molecule has 0 amide bonds. The molecule has 0 atom stereocenters. The van der Waals surface area contributed by atoms with Crippen LogP contribution < -0.4 is 20.4 Å². The number of hydrogen-bond donors (Lipinski definition) is 3. The van der Waals surface area contributed by atoms with E-state index in [2.05, 4.69) is 93.0 Å². The lowest BCUT2D eigenvalue weighted by atomic mass is 9.86. The van der Waals surface area contributed by atoms with Crippen LogP contribution in [0.2, 0.25) is 0 Å². The van der Waals surface area contributed by atoms with Gasteiger partial charge in [0.2, 0.25) is 21.1 Å². The first kappa shape index (κ1) is 33.2. The van der Waals surface area contributed by atoms with Crippen LogP contribution in [0, 0.1) is 0 Å². The molecule has 0 unspecified atom stereocenters. The van der Waals surface area contributed by atoms with Gasteiger partial charge in [-0.15, -0.1) is 0 Å². The Kier molecular flexibility index (Phi) is 8.79. The number of benzene rings is 5. The maximum atomic E-state index is 13.5. The number of rotatable bonds is 7. The van der Waals surface area contributed by atoms with Crippen LogP contribution >= 0.6 is 0 Å². The van der Waals surface area contributed by atoms with Crippen LogP contribution in [0.15, 0.2) is 119 Å². The third-order valence-corrected chi connectivity index (χ3v) is 10.1. The molecule has 1 aliphatic carbocycles. The summed E-state index contributed by atoms with van der Waals surface area (Å²) in [7, 11) is -3.77. The van der Waals surface area contributed by atoms with Crippen molar-refractivity contribution in [2.24, 2.45) is 0 Å². The Morgan fingerprint density at radius 1 is 0.708 bits per heavy atom. The van der Waals surface area contributed by atoms with E-state index < -0.39 is 10.0 Å². The quantitative estimate of drug-likeness (QED) is 0.151. The second-order valence-corrected chi connectivity index (χ2v) is 16.0. The molecule has 7 heteroatoms. The van der Waals surface area contributed by atoms with Crippen molar-refractivity contribution in [1.29, 1.82) is 0 Å². The molecule has 4 aromatic carbocycles. The fourth-order valence-electron chi connectivity index (χ4n) is 6.31. The smallest absolute Gasteiger partial charge is 0.241 e. The third kappa shape index (κ3) is 6.66. The normalized spacial score (nSPS) is 12.9. The van der Waals surface area contributed by atoms with E-state index in [0.29, 0.717) is 23.5 Å². The second-order valence-electron chi connectivity index (χ2n) is 14.2. The van der Waals surface area contributed by atoms with E-state index in [1.807, 2.05) is 60.7 Å². The molecule has 6 rings (SSSR count). The van der Waals surface area contributed by atoms with Gasteiger partial charge in [0.1, 0.15) is 11.3 Å². The Labute approximate surface area is 284 Å². The van der Waals surface area contributed by atoms with E-state index >= 15 is 0 Å². The molecule has 1 heterocycles. The van der Waals surface area contributed by atoms with Crippen LogP contribution in [-0.2, 0) is 20.9 Å². The number of para-hydroxylation sites is 2. The average Bonchev–Trinajstić information content (AvgIpc) is 3.03. The molecule has 0 aromatic heterocycles. The van der Waals surface area contributed by atoms with Gasteiger partial charge in [0.25, 0.3) is 0 Å². The number of nitrogens with one attached hydrogen (secondary N) is 3. The summed E-state index contributed by atoms with van der Waals surface area (Å²) in [6.45, 7) is 15.3. The van der Waals surface area contributed by atoms with Crippen LogP contribution in [0.25, 0.3) is 33.4 Å². The molecule has 0 radical (unpaired) electrons. The van der Waals surface area contributed by atoms with Crippen LogP contribution in [-0.4, -0.2) is 15.0 Å². The molecule has 4 aromatic rings. The third-order valence-electron chi connectivity index (χ3n) is 8.53. The van der Waals surface area contributed by atoms with Crippen molar-refractivity contribution in [1.82, 2.24) is 4.72 Å². The van der Waals surface area contributed by atoms with Gasteiger partial charge in [0.15, 0.2) is 0 Å². The van der Waals surface area contributed by atoms with Gasteiger partial charge in [-0.25, -0.2) is 18.1 Å². The lowest BCUT2D eigenvalue weighted by Crippen LogP contribution is -2.71. The fourth-order valence-corrected chi connectivity index (χ4v) is 7.57. The van der Waals surface area contributed by atoms with Crippen LogP contribution in [0.3, 0.4) is 0 Å². The SMILES string of the molecule is CCNS(=O)(=O)c1ccccc1-c1c2ccc(=[NH+]c3ccccc3C(C)(C)C)cc-2oc2cc(Nc3ccccc3C(C)(C)C)ccc12. The first-order valence-corrected chi connectivity index (χ1v) is 17.9. The highest BCUT2D eigenvalue weighted by molar-refractivity contribution is 7.89. The van der Waals surface area contributed by atoms with Crippen molar-refractivity contribution in [3.05, 3.63) is 126 Å². The van der Waals surface area contributed by atoms with Crippen LogP contribution in [0.5, 0.6) is 0 Å². The van der Waals surface area contributed by atoms with Crippen LogP contribution in [0.4, 0.5) is 17.1 Å². The summed E-state index contributed by atoms with van der Waals surface area (Å²) in [5.41, 5.74) is 8.09. The topological polar surface area (TPSA) is 85.3 Å². The van der Waals surface area contributed by atoms with Gasteiger partial charge in [-0.05, 0) is 46.7 Å². The number of hydrogen-bond acceptors (Lipinski definition) is 4. The van der Waals surface area contributed by atoms with Gasteiger partial charge in [-0.1, -0.05) is 103 Å². The monoisotopic (exact) mass is 658 g/mol. The van der Waals surface area contributed by atoms with Gasteiger partial charge in [-0.2, -0.15) is 0 Å². The Morgan fingerprint density at radius 3 is 2.10 bits per heavy atom. The lowest BCUT2D eigenvalue weighted by Gasteiger charge is -2.23. The van der Waals surface area contributed by atoms with Gasteiger partial charge in [0, 0.05) is 63.8 Å². The molecule has 0 spiro atoms. The zero-order valence-electron chi connectivity index (χ0n) is 28.7. The minimum atomic E-state index is -3.77. The largest absolute Gasteiger partial charge is 0.456 e.